The molecular formula is C13H21NO2. The normalized spacial score (nSPS) is 20.5. The maximum atomic E-state index is 11.7. The number of carbonyl (C=O) groups is 1. The molecule has 1 atom stereocenters. The van der Waals surface area contributed by atoms with Crippen molar-refractivity contribution in [3.8, 4) is 0 Å². The third-order valence-electron chi connectivity index (χ3n) is 2.36. The average molecular weight is 223 g/mol. The van der Waals surface area contributed by atoms with E-state index in [0.29, 0.717) is 18.0 Å². The fourth-order valence-corrected chi connectivity index (χ4v) is 1.58. The number of nitrogens with two attached hydrogens (primary N) is 1. The van der Waals surface area contributed by atoms with Crippen LogP contribution in [0.4, 0.5) is 0 Å². The number of hydrogen-bond acceptors (Lipinski definition) is 3. The molecule has 1 aliphatic carbocycles. The van der Waals surface area contributed by atoms with Crippen LogP contribution in [0.15, 0.2) is 23.8 Å². The summed E-state index contributed by atoms with van der Waals surface area (Å²) in [5, 5.41) is 0. The number of allylic oxidation sites excluding steroid dienone is 2. The summed E-state index contributed by atoms with van der Waals surface area (Å²) in [5.74, 6) is 0.228. The number of esters is 1. The second-order valence-corrected chi connectivity index (χ2v) is 5.09. The van der Waals surface area contributed by atoms with Gasteiger partial charge in [-0.2, -0.15) is 0 Å². The molecule has 0 heterocycles. The molecule has 3 nitrogen and oxygen atoms in total. The van der Waals surface area contributed by atoms with Crippen LogP contribution in [0.2, 0.25) is 0 Å². The van der Waals surface area contributed by atoms with Crippen LogP contribution in [0.1, 0.15) is 33.6 Å². The highest BCUT2D eigenvalue weighted by Crippen LogP contribution is 2.21. The maximum Gasteiger partial charge on any atom is 0.338 e. The van der Waals surface area contributed by atoms with E-state index >= 15 is 0 Å². The molecule has 3 heteroatoms. The molecule has 0 saturated heterocycles. The lowest BCUT2D eigenvalue weighted by molar-refractivity contribution is -0.149. The molecule has 1 unspecified atom stereocenters. The Hall–Kier alpha value is -1.09. The lowest BCUT2D eigenvalue weighted by Crippen LogP contribution is -2.25. The average Bonchev–Trinajstić information content (AvgIpc) is 2.16. The summed E-state index contributed by atoms with van der Waals surface area (Å²) < 4.78 is 5.29. The maximum absolute atomic E-state index is 11.7. The SMILES string of the molecule is CC(C)(C)OC(=O)C1=CCC(CCN)C=C1. The first kappa shape index (κ1) is 13.0. The summed E-state index contributed by atoms with van der Waals surface area (Å²) in [6.07, 6.45) is 7.68. The minimum Gasteiger partial charge on any atom is -0.456 e. The van der Waals surface area contributed by atoms with E-state index in [0.717, 1.165) is 12.8 Å². The van der Waals surface area contributed by atoms with Crippen LogP contribution in [-0.2, 0) is 9.53 Å². The summed E-state index contributed by atoms with van der Waals surface area (Å²) in [6, 6.07) is 0. The van der Waals surface area contributed by atoms with Crippen molar-refractivity contribution < 1.29 is 9.53 Å². The topological polar surface area (TPSA) is 52.3 Å². The van der Waals surface area contributed by atoms with Crippen molar-refractivity contribution in [2.24, 2.45) is 11.7 Å². The lowest BCUT2D eigenvalue weighted by Gasteiger charge is -2.21. The molecule has 0 aliphatic heterocycles. The van der Waals surface area contributed by atoms with Crippen molar-refractivity contribution in [2.45, 2.75) is 39.2 Å². The molecule has 0 aromatic heterocycles. The van der Waals surface area contributed by atoms with E-state index in [2.05, 4.69) is 0 Å². The van der Waals surface area contributed by atoms with Crippen LogP contribution in [0.3, 0.4) is 0 Å². The van der Waals surface area contributed by atoms with E-state index in [1.807, 2.05) is 39.0 Å². The Morgan fingerprint density at radius 1 is 1.56 bits per heavy atom. The van der Waals surface area contributed by atoms with E-state index in [-0.39, 0.29) is 5.97 Å². The van der Waals surface area contributed by atoms with Gasteiger partial charge in [-0.1, -0.05) is 18.2 Å². The van der Waals surface area contributed by atoms with Gasteiger partial charge in [-0.15, -0.1) is 0 Å². The molecule has 0 saturated carbocycles. The van der Waals surface area contributed by atoms with Crippen molar-refractivity contribution in [2.75, 3.05) is 6.54 Å². The predicted molar refractivity (Wildman–Crippen MR) is 64.8 cm³/mol. The largest absolute Gasteiger partial charge is 0.456 e. The Morgan fingerprint density at radius 3 is 2.69 bits per heavy atom. The van der Waals surface area contributed by atoms with Crippen LogP contribution in [0, 0.1) is 5.92 Å². The molecule has 0 fully saturated rings. The van der Waals surface area contributed by atoms with Gasteiger partial charge in [0.25, 0.3) is 0 Å². The van der Waals surface area contributed by atoms with E-state index in [4.69, 9.17) is 10.5 Å². The Balaban J connectivity index is 2.52. The summed E-state index contributed by atoms with van der Waals surface area (Å²) in [5.41, 5.74) is 5.72. The molecule has 0 spiro atoms. The van der Waals surface area contributed by atoms with Crippen LogP contribution in [0.5, 0.6) is 0 Å². The number of rotatable bonds is 3. The van der Waals surface area contributed by atoms with Crippen LogP contribution in [-0.4, -0.2) is 18.1 Å². The van der Waals surface area contributed by atoms with Gasteiger partial charge in [0.2, 0.25) is 0 Å². The van der Waals surface area contributed by atoms with Gasteiger partial charge in [0.15, 0.2) is 0 Å². The zero-order chi connectivity index (χ0) is 12.2. The highest BCUT2D eigenvalue weighted by Gasteiger charge is 2.20. The molecule has 1 rings (SSSR count). The van der Waals surface area contributed by atoms with Crippen molar-refractivity contribution >= 4 is 5.97 Å². The van der Waals surface area contributed by atoms with Gasteiger partial charge in [-0.3, -0.25) is 0 Å². The molecule has 0 bridgehead atoms. The molecule has 0 radical (unpaired) electrons. The minimum atomic E-state index is -0.431. The quantitative estimate of drug-likeness (QED) is 0.746. The zero-order valence-electron chi connectivity index (χ0n) is 10.3. The first-order valence-corrected chi connectivity index (χ1v) is 5.74. The highest BCUT2D eigenvalue weighted by atomic mass is 16.6. The number of ether oxygens (including phenoxy) is 1. The summed E-state index contributed by atoms with van der Waals surface area (Å²) in [6.45, 7) is 6.30. The van der Waals surface area contributed by atoms with Gasteiger partial charge >= 0.3 is 5.97 Å². The predicted octanol–water partition coefficient (Wildman–Crippen LogP) is 2.18. The number of carbonyl (C=O) groups excluding carboxylic acids is 1. The Morgan fingerprint density at radius 2 is 2.25 bits per heavy atom. The standard InChI is InChI=1S/C13H21NO2/c1-13(2,3)16-12(15)11-6-4-10(5-7-11)8-9-14/h4,6-7,10H,5,8-9,14H2,1-3H3. The minimum absolute atomic E-state index is 0.241. The fourth-order valence-electron chi connectivity index (χ4n) is 1.58. The third kappa shape index (κ3) is 4.19. The monoisotopic (exact) mass is 223 g/mol. The van der Waals surface area contributed by atoms with Crippen molar-refractivity contribution in [1.82, 2.24) is 0 Å². The van der Waals surface area contributed by atoms with Crippen LogP contribution in [0.25, 0.3) is 0 Å². The number of hydrogen-bond donors (Lipinski definition) is 1. The van der Waals surface area contributed by atoms with Gasteiger partial charge in [-0.05, 0) is 46.1 Å². The smallest absolute Gasteiger partial charge is 0.338 e. The summed E-state index contributed by atoms with van der Waals surface area (Å²) >= 11 is 0. The summed E-state index contributed by atoms with van der Waals surface area (Å²) in [7, 11) is 0. The third-order valence-corrected chi connectivity index (χ3v) is 2.36. The molecule has 0 amide bonds. The lowest BCUT2D eigenvalue weighted by atomic mass is 9.94. The van der Waals surface area contributed by atoms with E-state index < -0.39 is 5.60 Å². The van der Waals surface area contributed by atoms with Gasteiger partial charge < -0.3 is 10.5 Å². The zero-order valence-corrected chi connectivity index (χ0v) is 10.3. The first-order valence-electron chi connectivity index (χ1n) is 5.74. The molecule has 0 aromatic rings. The molecule has 2 N–H and O–H groups in total. The second kappa shape index (κ2) is 5.30. The highest BCUT2D eigenvalue weighted by molar-refractivity contribution is 5.92. The van der Waals surface area contributed by atoms with Gasteiger partial charge in [0.1, 0.15) is 5.60 Å². The first-order chi connectivity index (χ1) is 7.42. The molecule has 90 valence electrons. The molecular weight excluding hydrogens is 202 g/mol. The Kier molecular flexibility index (Phi) is 4.30. The van der Waals surface area contributed by atoms with Gasteiger partial charge in [0, 0.05) is 0 Å². The Bertz CT molecular complexity index is 310. The Labute approximate surface area is 97.3 Å². The van der Waals surface area contributed by atoms with Crippen LogP contribution < -0.4 is 5.73 Å². The second-order valence-electron chi connectivity index (χ2n) is 5.09. The van der Waals surface area contributed by atoms with E-state index in [1.165, 1.54) is 0 Å². The van der Waals surface area contributed by atoms with Crippen LogP contribution >= 0.6 is 0 Å². The van der Waals surface area contributed by atoms with Gasteiger partial charge in [-0.25, -0.2) is 4.79 Å². The van der Waals surface area contributed by atoms with Crippen molar-refractivity contribution in [3.05, 3.63) is 23.8 Å². The fraction of sp³-hybridized carbons (Fsp3) is 0.615. The van der Waals surface area contributed by atoms with Crippen molar-refractivity contribution in [3.63, 3.8) is 0 Å². The molecule has 16 heavy (non-hydrogen) atoms. The van der Waals surface area contributed by atoms with Crippen molar-refractivity contribution in [1.29, 1.82) is 0 Å². The van der Waals surface area contributed by atoms with Gasteiger partial charge in [0.05, 0.1) is 5.57 Å². The van der Waals surface area contributed by atoms with E-state index in [9.17, 15) is 4.79 Å². The summed E-state index contributed by atoms with van der Waals surface area (Å²) in [4.78, 5) is 11.7. The van der Waals surface area contributed by atoms with E-state index in [1.54, 1.807) is 0 Å². The molecule has 0 aromatic carbocycles. The molecule has 1 aliphatic rings.